The van der Waals surface area contributed by atoms with Crippen molar-refractivity contribution in [1.29, 1.82) is 0 Å². The molecule has 1 saturated heterocycles. The minimum atomic E-state index is -0.345. The second-order valence-electron chi connectivity index (χ2n) is 7.17. The van der Waals surface area contributed by atoms with E-state index in [2.05, 4.69) is 10.5 Å². The van der Waals surface area contributed by atoms with Gasteiger partial charge in [-0.15, -0.1) is 23.5 Å². The van der Waals surface area contributed by atoms with Gasteiger partial charge in [0.2, 0.25) is 0 Å². The second-order valence-corrected chi connectivity index (χ2v) is 9.90. The number of halogens is 1. The van der Waals surface area contributed by atoms with Crippen LogP contribution in [0, 0.1) is 5.82 Å². The van der Waals surface area contributed by atoms with Crippen LogP contribution in [0.5, 0.6) is 11.5 Å². The van der Waals surface area contributed by atoms with Crippen molar-refractivity contribution in [3.05, 3.63) is 95.3 Å². The van der Waals surface area contributed by atoms with Gasteiger partial charge in [-0.3, -0.25) is 4.79 Å². The summed E-state index contributed by atoms with van der Waals surface area (Å²) in [5.74, 6) is 2.99. The first-order valence-electron chi connectivity index (χ1n) is 10.4. The highest BCUT2D eigenvalue weighted by atomic mass is 32.2. The zero-order chi connectivity index (χ0) is 22.9. The summed E-state index contributed by atoms with van der Waals surface area (Å²) in [5.41, 5.74) is 5.00. The number of carbonyl (C=O) groups excluding carboxylic acids is 1. The van der Waals surface area contributed by atoms with Crippen LogP contribution in [0.4, 0.5) is 4.39 Å². The van der Waals surface area contributed by atoms with E-state index in [1.54, 1.807) is 42.5 Å². The zero-order valence-electron chi connectivity index (χ0n) is 17.8. The lowest BCUT2D eigenvalue weighted by atomic mass is 10.2. The molecule has 3 aromatic carbocycles. The van der Waals surface area contributed by atoms with E-state index in [9.17, 15) is 9.18 Å². The summed E-state index contributed by atoms with van der Waals surface area (Å²) in [6.45, 7) is 0.0316. The van der Waals surface area contributed by atoms with E-state index >= 15 is 0 Å². The van der Waals surface area contributed by atoms with Crippen molar-refractivity contribution in [2.24, 2.45) is 5.10 Å². The topological polar surface area (TPSA) is 59.9 Å². The van der Waals surface area contributed by atoms with E-state index in [0.717, 1.165) is 5.56 Å². The number of nitrogens with zero attached hydrogens (tertiary/aromatic N) is 1. The third-order valence-corrected chi connectivity index (χ3v) is 7.88. The third kappa shape index (κ3) is 7.00. The van der Waals surface area contributed by atoms with Gasteiger partial charge in [0.05, 0.1) is 10.8 Å². The van der Waals surface area contributed by atoms with Crippen LogP contribution in [-0.4, -0.2) is 30.2 Å². The molecule has 8 heteroatoms. The molecule has 3 aromatic rings. The number of amides is 1. The molecular weight excluding hydrogens is 459 g/mol. The number of hydrogen-bond donors (Lipinski definition) is 1. The van der Waals surface area contributed by atoms with Crippen molar-refractivity contribution in [2.45, 2.75) is 11.2 Å². The molecule has 1 fully saturated rings. The fourth-order valence-corrected chi connectivity index (χ4v) is 5.92. The maximum absolute atomic E-state index is 13.6. The number of hydrazone groups is 1. The highest BCUT2D eigenvalue weighted by molar-refractivity contribution is 8.19. The predicted molar refractivity (Wildman–Crippen MR) is 133 cm³/mol. The van der Waals surface area contributed by atoms with Gasteiger partial charge in [0.1, 0.15) is 23.9 Å². The first-order chi connectivity index (χ1) is 16.2. The van der Waals surface area contributed by atoms with Crippen LogP contribution in [-0.2, 0) is 11.4 Å². The molecule has 4 rings (SSSR count). The molecule has 0 aromatic heterocycles. The first kappa shape index (κ1) is 23.2. The SMILES string of the molecule is O=C(COc1ccc(C2SCCS2)cc1)N/N=C\c1ccc(OCc2ccccc2F)cc1. The number of carbonyl (C=O) groups is 1. The molecule has 0 aliphatic carbocycles. The van der Waals surface area contributed by atoms with Crippen molar-refractivity contribution in [2.75, 3.05) is 18.1 Å². The van der Waals surface area contributed by atoms with Crippen molar-refractivity contribution < 1.29 is 18.7 Å². The van der Waals surface area contributed by atoms with Crippen molar-refractivity contribution >= 4 is 35.6 Å². The van der Waals surface area contributed by atoms with E-state index < -0.39 is 0 Å². The molecule has 1 amide bonds. The van der Waals surface area contributed by atoms with E-state index in [1.807, 2.05) is 47.8 Å². The average Bonchev–Trinajstić information content (AvgIpc) is 3.39. The van der Waals surface area contributed by atoms with Gasteiger partial charge in [-0.1, -0.05) is 30.3 Å². The Kier molecular flexibility index (Phi) is 8.27. The molecule has 0 unspecified atom stereocenters. The lowest BCUT2D eigenvalue weighted by molar-refractivity contribution is -0.123. The molecule has 0 spiro atoms. The summed E-state index contributed by atoms with van der Waals surface area (Å²) in [6.07, 6.45) is 1.53. The van der Waals surface area contributed by atoms with Crippen LogP contribution < -0.4 is 14.9 Å². The number of rotatable bonds is 9. The second kappa shape index (κ2) is 11.8. The Balaban J connectivity index is 1.18. The van der Waals surface area contributed by atoms with Gasteiger partial charge in [0, 0.05) is 17.1 Å². The van der Waals surface area contributed by atoms with E-state index in [0.29, 0.717) is 21.6 Å². The van der Waals surface area contributed by atoms with Crippen molar-refractivity contribution in [1.82, 2.24) is 5.43 Å². The Hall–Kier alpha value is -2.97. The molecule has 0 radical (unpaired) electrons. The summed E-state index contributed by atoms with van der Waals surface area (Å²) in [7, 11) is 0. The van der Waals surface area contributed by atoms with E-state index in [4.69, 9.17) is 9.47 Å². The summed E-state index contributed by atoms with van der Waals surface area (Å²) in [5, 5.41) is 3.95. The van der Waals surface area contributed by atoms with Gasteiger partial charge in [-0.05, 0) is 53.6 Å². The van der Waals surface area contributed by atoms with E-state index in [-0.39, 0.29) is 24.9 Å². The van der Waals surface area contributed by atoms with Crippen LogP contribution in [0.3, 0.4) is 0 Å². The number of hydrogen-bond acceptors (Lipinski definition) is 6. The Bertz CT molecular complexity index is 1090. The lowest BCUT2D eigenvalue weighted by Gasteiger charge is -2.10. The highest BCUT2D eigenvalue weighted by Gasteiger charge is 2.18. The van der Waals surface area contributed by atoms with E-state index in [1.165, 1.54) is 29.4 Å². The van der Waals surface area contributed by atoms with Gasteiger partial charge < -0.3 is 9.47 Å². The Morgan fingerprint density at radius 2 is 1.64 bits per heavy atom. The Morgan fingerprint density at radius 3 is 2.36 bits per heavy atom. The summed E-state index contributed by atoms with van der Waals surface area (Å²) in [4.78, 5) is 12.0. The van der Waals surface area contributed by atoms with Crippen molar-refractivity contribution in [3.8, 4) is 11.5 Å². The number of thioether (sulfide) groups is 2. The summed E-state index contributed by atoms with van der Waals surface area (Å²) >= 11 is 3.90. The number of nitrogens with one attached hydrogen (secondary N) is 1. The van der Waals surface area contributed by atoms with Gasteiger partial charge in [-0.2, -0.15) is 5.10 Å². The van der Waals surface area contributed by atoms with Crippen LogP contribution in [0.2, 0.25) is 0 Å². The van der Waals surface area contributed by atoms with Gasteiger partial charge in [0.25, 0.3) is 5.91 Å². The normalized spacial score (nSPS) is 13.8. The maximum atomic E-state index is 13.6. The van der Waals surface area contributed by atoms with Crippen LogP contribution in [0.1, 0.15) is 21.3 Å². The largest absolute Gasteiger partial charge is 0.489 e. The fourth-order valence-electron chi connectivity index (χ4n) is 3.06. The molecule has 0 bridgehead atoms. The number of benzene rings is 3. The molecule has 1 aliphatic rings. The highest BCUT2D eigenvalue weighted by Crippen LogP contribution is 2.45. The number of ether oxygens (including phenoxy) is 2. The minimum Gasteiger partial charge on any atom is -0.489 e. The van der Waals surface area contributed by atoms with Crippen molar-refractivity contribution in [3.63, 3.8) is 0 Å². The quantitative estimate of drug-likeness (QED) is 0.326. The van der Waals surface area contributed by atoms with Crippen LogP contribution in [0.15, 0.2) is 77.9 Å². The first-order valence-corrected chi connectivity index (χ1v) is 12.5. The lowest BCUT2D eigenvalue weighted by Crippen LogP contribution is -2.24. The standard InChI is InChI=1S/C25H23FN2O3S2/c26-23-4-2-1-3-20(23)16-30-21-9-5-18(6-10-21)15-27-28-24(29)17-31-22-11-7-19(8-12-22)25-32-13-14-33-25/h1-12,15,25H,13-14,16-17H2,(H,28,29)/b27-15-. The molecule has 170 valence electrons. The van der Waals surface area contributed by atoms with Gasteiger partial charge >= 0.3 is 0 Å². The molecule has 0 atom stereocenters. The van der Waals surface area contributed by atoms with Gasteiger partial charge in [0.15, 0.2) is 6.61 Å². The molecule has 33 heavy (non-hydrogen) atoms. The molecule has 1 heterocycles. The fraction of sp³-hybridized carbons (Fsp3) is 0.200. The molecule has 1 N–H and O–H groups in total. The molecule has 1 aliphatic heterocycles. The predicted octanol–water partition coefficient (Wildman–Crippen LogP) is 5.41. The van der Waals surface area contributed by atoms with Gasteiger partial charge in [-0.25, -0.2) is 9.82 Å². The summed E-state index contributed by atoms with van der Waals surface area (Å²) < 4.78 is 25.3. The minimum absolute atomic E-state index is 0.119. The van der Waals surface area contributed by atoms with Crippen LogP contribution in [0.25, 0.3) is 0 Å². The molecular formula is C25H23FN2O3S2. The van der Waals surface area contributed by atoms with Crippen LogP contribution >= 0.6 is 23.5 Å². The Morgan fingerprint density at radius 1 is 0.970 bits per heavy atom. The summed E-state index contributed by atoms with van der Waals surface area (Å²) in [6, 6.07) is 21.5. The zero-order valence-corrected chi connectivity index (χ0v) is 19.4. The molecule has 0 saturated carbocycles. The Labute approximate surface area is 200 Å². The monoisotopic (exact) mass is 482 g/mol. The molecule has 5 nitrogen and oxygen atoms in total. The third-order valence-electron chi connectivity index (χ3n) is 4.78. The smallest absolute Gasteiger partial charge is 0.277 e. The maximum Gasteiger partial charge on any atom is 0.277 e. The average molecular weight is 483 g/mol.